The SMILES string of the molecule is COCCN1C(=O)C(=O)/C(=C(/O)c2ccc(Cl)cc2)C1c1cccc(Oc2ccccc2)c1. The molecule has 1 atom stereocenters. The Morgan fingerprint density at radius 1 is 0.970 bits per heavy atom. The highest BCUT2D eigenvalue weighted by Crippen LogP contribution is 2.40. The summed E-state index contributed by atoms with van der Waals surface area (Å²) in [5.74, 6) is -0.504. The van der Waals surface area contributed by atoms with Gasteiger partial charge in [-0.1, -0.05) is 41.9 Å². The fourth-order valence-corrected chi connectivity index (χ4v) is 3.91. The molecule has 1 fully saturated rings. The van der Waals surface area contributed by atoms with Crippen LogP contribution in [-0.2, 0) is 14.3 Å². The molecule has 4 rings (SSSR count). The highest BCUT2D eigenvalue weighted by molar-refractivity contribution is 6.46. The minimum absolute atomic E-state index is 0.00952. The van der Waals surface area contributed by atoms with Crippen LogP contribution >= 0.6 is 11.6 Å². The van der Waals surface area contributed by atoms with Crippen molar-refractivity contribution in [2.24, 2.45) is 0 Å². The Hall–Kier alpha value is -3.61. The van der Waals surface area contributed by atoms with Gasteiger partial charge in [-0.05, 0) is 54.1 Å². The van der Waals surface area contributed by atoms with Crippen LogP contribution in [0.15, 0.2) is 84.4 Å². The van der Waals surface area contributed by atoms with Gasteiger partial charge in [-0.3, -0.25) is 9.59 Å². The number of benzene rings is 3. The molecule has 0 bridgehead atoms. The van der Waals surface area contributed by atoms with E-state index in [9.17, 15) is 14.7 Å². The Kier molecular flexibility index (Phi) is 6.77. The first-order valence-electron chi connectivity index (χ1n) is 10.4. The number of para-hydroxylation sites is 1. The molecule has 1 heterocycles. The lowest BCUT2D eigenvalue weighted by atomic mass is 9.95. The van der Waals surface area contributed by atoms with Crippen molar-refractivity contribution in [2.45, 2.75) is 6.04 Å². The van der Waals surface area contributed by atoms with E-state index in [0.717, 1.165) is 0 Å². The largest absolute Gasteiger partial charge is 0.507 e. The second-order valence-electron chi connectivity index (χ2n) is 7.48. The molecule has 33 heavy (non-hydrogen) atoms. The number of carbonyl (C=O) groups excluding carboxylic acids is 2. The van der Waals surface area contributed by atoms with E-state index >= 15 is 0 Å². The quantitative estimate of drug-likeness (QED) is 0.296. The molecule has 1 aliphatic heterocycles. The molecule has 0 radical (unpaired) electrons. The van der Waals surface area contributed by atoms with Crippen molar-refractivity contribution in [2.75, 3.05) is 20.3 Å². The number of Topliss-reactive ketones (excluding diaryl/α,β-unsaturated/α-hetero) is 1. The number of hydrogen-bond donors (Lipinski definition) is 1. The lowest BCUT2D eigenvalue weighted by Gasteiger charge is -2.25. The van der Waals surface area contributed by atoms with Gasteiger partial charge in [0.15, 0.2) is 0 Å². The monoisotopic (exact) mass is 463 g/mol. The van der Waals surface area contributed by atoms with E-state index in [-0.39, 0.29) is 24.5 Å². The number of amides is 1. The highest BCUT2D eigenvalue weighted by atomic mass is 35.5. The summed E-state index contributed by atoms with van der Waals surface area (Å²) in [6.07, 6.45) is 0. The molecule has 1 aliphatic rings. The van der Waals surface area contributed by atoms with Gasteiger partial charge in [-0.25, -0.2) is 0 Å². The molecule has 7 heteroatoms. The molecule has 0 aromatic heterocycles. The maximum atomic E-state index is 13.0. The fourth-order valence-electron chi connectivity index (χ4n) is 3.78. The van der Waals surface area contributed by atoms with Gasteiger partial charge in [0, 0.05) is 24.2 Å². The first kappa shape index (κ1) is 22.6. The van der Waals surface area contributed by atoms with Gasteiger partial charge in [0.25, 0.3) is 11.7 Å². The zero-order valence-corrected chi connectivity index (χ0v) is 18.7. The number of carbonyl (C=O) groups is 2. The van der Waals surface area contributed by atoms with Gasteiger partial charge in [0.1, 0.15) is 17.3 Å². The molecule has 1 N–H and O–H groups in total. The molecule has 0 spiro atoms. The van der Waals surface area contributed by atoms with Crippen LogP contribution in [0.1, 0.15) is 17.2 Å². The number of rotatable bonds is 7. The molecule has 1 unspecified atom stereocenters. The summed E-state index contributed by atoms with van der Waals surface area (Å²) in [7, 11) is 1.52. The number of ether oxygens (including phenoxy) is 2. The first-order chi connectivity index (χ1) is 16.0. The number of methoxy groups -OCH3 is 1. The Labute approximate surface area is 196 Å². The zero-order valence-electron chi connectivity index (χ0n) is 17.9. The summed E-state index contributed by atoms with van der Waals surface area (Å²) in [5, 5.41) is 11.5. The van der Waals surface area contributed by atoms with E-state index in [2.05, 4.69) is 0 Å². The van der Waals surface area contributed by atoms with Crippen LogP contribution in [0, 0.1) is 0 Å². The molecular formula is C26H22ClNO5. The van der Waals surface area contributed by atoms with Crippen molar-refractivity contribution in [1.82, 2.24) is 4.90 Å². The van der Waals surface area contributed by atoms with Gasteiger partial charge >= 0.3 is 0 Å². The smallest absolute Gasteiger partial charge is 0.295 e. The maximum absolute atomic E-state index is 13.0. The highest BCUT2D eigenvalue weighted by Gasteiger charge is 2.46. The number of likely N-dealkylation sites (tertiary alicyclic amines) is 1. The Morgan fingerprint density at radius 3 is 2.36 bits per heavy atom. The topological polar surface area (TPSA) is 76.1 Å². The fraction of sp³-hybridized carbons (Fsp3) is 0.154. The van der Waals surface area contributed by atoms with Crippen LogP contribution in [0.4, 0.5) is 0 Å². The third-order valence-electron chi connectivity index (χ3n) is 5.35. The number of aliphatic hydroxyl groups is 1. The summed E-state index contributed by atoms with van der Waals surface area (Å²) in [6, 6.07) is 22.1. The van der Waals surface area contributed by atoms with Crippen LogP contribution in [0.5, 0.6) is 11.5 Å². The minimum atomic E-state index is -0.796. The predicted molar refractivity (Wildman–Crippen MR) is 125 cm³/mol. The second kappa shape index (κ2) is 9.90. The number of hydrogen-bond acceptors (Lipinski definition) is 5. The average molecular weight is 464 g/mol. The van der Waals surface area contributed by atoms with Crippen molar-refractivity contribution < 1.29 is 24.2 Å². The molecule has 0 aliphatic carbocycles. The summed E-state index contributed by atoms with van der Waals surface area (Å²) < 4.78 is 11.1. The van der Waals surface area contributed by atoms with Crippen molar-refractivity contribution >= 4 is 29.1 Å². The molecule has 168 valence electrons. The van der Waals surface area contributed by atoms with E-state index in [0.29, 0.717) is 27.6 Å². The minimum Gasteiger partial charge on any atom is -0.507 e. The summed E-state index contributed by atoms with van der Waals surface area (Å²) in [6.45, 7) is 0.428. The van der Waals surface area contributed by atoms with Crippen molar-refractivity contribution in [3.63, 3.8) is 0 Å². The van der Waals surface area contributed by atoms with Gasteiger partial charge in [-0.15, -0.1) is 0 Å². The molecule has 1 saturated heterocycles. The van der Waals surface area contributed by atoms with Crippen molar-refractivity contribution in [1.29, 1.82) is 0 Å². The number of ketones is 1. The van der Waals surface area contributed by atoms with Crippen LogP contribution in [-0.4, -0.2) is 42.0 Å². The van der Waals surface area contributed by atoms with E-state index in [1.165, 1.54) is 12.0 Å². The van der Waals surface area contributed by atoms with E-state index in [4.69, 9.17) is 21.1 Å². The molecule has 3 aromatic rings. The van der Waals surface area contributed by atoms with Crippen LogP contribution in [0.3, 0.4) is 0 Å². The summed E-state index contributed by atoms with van der Waals surface area (Å²) in [5.41, 5.74) is 1.04. The molecule has 6 nitrogen and oxygen atoms in total. The van der Waals surface area contributed by atoms with Gasteiger partial charge in [0.05, 0.1) is 18.2 Å². The molecule has 1 amide bonds. The average Bonchev–Trinajstić information content (AvgIpc) is 3.08. The van der Waals surface area contributed by atoms with Crippen molar-refractivity contribution in [3.05, 3.63) is 101 Å². The van der Waals surface area contributed by atoms with E-state index < -0.39 is 17.7 Å². The molecule has 3 aromatic carbocycles. The van der Waals surface area contributed by atoms with Gasteiger partial charge in [-0.2, -0.15) is 0 Å². The van der Waals surface area contributed by atoms with Crippen LogP contribution in [0.2, 0.25) is 5.02 Å². The number of nitrogens with zero attached hydrogens (tertiary/aromatic N) is 1. The standard InChI is InChI=1S/C26H22ClNO5/c1-32-15-14-28-23(18-6-5-9-21(16-18)33-20-7-3-2-4-8-20)22(25(30)26(28)31)24(29)17-10-12-19(27)13-11-17/h2-13,16,23,29H,14-15H2,1H3/b24-22+. The maximum Gasteiger partial charge on any atom is 0.295 e. The second-order valence-corrected chi connectivity index (χ2v) is 7.92. The Morgan fingerprint density at radius 2 is 1.67 bits per heavy atom. The Balaban J connectivity index is 1.79. The Bertz CT molecular complexity index is 1190. The predicted octanol–water partition coefficient (Wildman–Crippen LogP) is 5.20. The third-order valence-corrected chi connectivity index (χ3v) is 5.60. The zero-order chi connectivity index (χ0) is 23.4. The lowest BCUT2D eigenvalue weighted by molar-refractivity contribution is -0.140. The van der Waals surface area contributed by atoms with Gasteiger partial charge < -0.3 is 19.5 Å². The molecular weight excluding hydrogens is 442 g/mol. The van der Waals surface area contributed by atoms with Gasteiger partial charge in [0.2, 0.25) is 0 Å². The summed E-state index contributed by atoms with van der Waals surface area (Å²) >= 11 is 5.96. The third kappa shape index (κ3) is 4.77. The number of aliphatic hydroxyl groups excluding tert-OH is 1. The van der Waals surface area contributed by atoms with E-state index in [1.807, 2.05) is 30.3 Å². The summed E-state index contributed by atoms with van der Waals surface area (Å²) in [4.78, 5) is 27.3. The lowest BCUT2D eigenvalue weighted by Crippen LogP contribution is -2.32. The normalized spacial score (nSPS) is 17.4. The van der Waals surface area contributed by atoms with Crippen LogP contribution in [0.25, 0.3) is 5.76 Å². The number of halogens is 1. The van der Waals surface area contributed by atoms with Crippen molar-refractivity contribution in [3.8, 4) is 11.5 Å². The molecule has 0 saturated carbocycles. The van der Waals surface area contributed by atoms with E-state index in [1.54, 1.807) is 48.5 Å². The van der Waals surface area contributed by atoms with Crippen LogP contribution < -0.4 is 4.74 Å². The first-order valence-corrected chi connectivity index (χ1v) is 10.7.